The zero-order valence-electron chi connectivity index (χ0n) is 19.5. The number of urea groups is 1. The molecule has 1 unspecified atom stereocenters. The molecule has 3 amide bonds. The molecule has 1 heterocycles. The molecule has 0 fully saturated rings. The van der Waals surface area contributed by atoms with Gasteiger partial charge < -0.3 is 15.7 Å². The fourth-order valence-corrected chi connectivity index (χ4v) is 5.07. The van der Waals surface area contributed by atoms with Crippen LogP contribution in [0, 0.1) is 9.39 Å². The minimum atomic E-state index is -3.55. The molecule has 192 valence electrons. The molecule has 1 aliphatic rings. The first-order valence-corrected chi connectivity index (χ1v) is 14.0. The summed E-state index contributed by atoms with van der Waals surface area (Å²) < 4.78 is 40.2. The summed E-state index contributed by atoms with van der Waals surface area (Å²) in [6, 6.07) is 15.4. The highest BCUT2D eigenvalue weighted by molar-refractivity contribution is 14.1. The Morgan fingerprint density at radius 2 is 1.81 bits per heavy atom. The van der Waals surface area contributed by atoms with Crippen LogP contribution in [0.3, 0.4) is 0 Å². The van der Waals surface area contributed by atoms with Crippen molar-refractivity contribution in [2.75, 3.05) is 23.5 Å². The minimum absolute atomic E-state index is 0.0239. The Morgan fingerprint density at radius 1 is 1.11 bits per heavy atom. The molecule has 0 bridgehead atoms. The van der Waals surface area contributed by atoms with Crippen molar-refractivity contribution in [1.82, 2.24) is 5.01 Å². The van der Waals surface area contributed by atoms with Gasteiger partial charge in [0.1, 0.15) is 11.9 Å². The van der Waals surface area contributed by atoms with Crippen LogP contribution in [-0.4, -0.2) is 55.1 Å². The summed E-state index contributed by atoms with van der Waals surface area (Å²) in [6.07, 6.45) is 1.05. The molecule has 3 aromatic carbocycles. The molecule has 1 aliphatic heterocycles. The van der Waals surface area contributed by atoms with Crippen molar-refractivity contribution in [3.8, 4) is 11.1 Å². The second-order valence-corrected chi connectivity index (χ2v) is 11.5. The molecule has 0 saturated carbocycles. The van der Waals surface area contributed by atoms with Crippen molar-refractivity contribution in [2.45, 2.75) is 17.4 Å². The van der Waals surface area contributed by atoms with Gasteiger partial charge >= 0.3 is 6.03 Å². The second-order valence-electron chi connectivity index (χ2n) is 8.28. The lowest BCUT2D eigenvalue weighted by Crippen LogP contribution is -2.43. The Kier molecular flexibility index (Phi) is 7.90. The lowest BCUT2D eigenvalue weighted by atomic mass is 10.0. The molecule has 9 nitrogen and oxygen atoms in total. The standard InChI is InChI=1S/C25H22FIN4O5S/c1-37(35,36)23-5-3-2-4-19(23)15-6-11-21(20(26)12-15)29-24(33)22-13-18(14-32)30-31(22)25(34)28-17-9-7-16(27)8-10-17/h2-12,22,32H,13-14H2,1H3,(H,28,34)(H,29,33). The molecule has 0 spiro atoms. The lowest BCUT2D eigenvalue weighted by Gasteiger charge is -2.21. The number of nitrogens with one attached hydrogen (secondary N) is 2. The number of anilines is 2. The first kappa shape index (κ1) is 26.7. The lowest BCUT2D eigenvalue weighted by molar-refractivity contribution is -0.119. The van der Waals surface area contributed by atoms with E-state index in [-0.39, 0.29) is 22.7 Å². The van der Waals surface area contributed by atoms with Gasteiger partial charge in [-0.3, -0.25) is 4.79 Å². The van der Waals surface area contributed by atoms with Crippen molar-refractivity contribution in [3.05, 3.63) is 76.1 Å². The third-order valence-corrected chi connectivity index (χ3v) is 7.46. The molecule has 0 aliphatic carbocycles. The van der Waals surface area contributed by atoms with E-state index in [0.717, 1.165) is 20.9 Å². The summed E-state index contributed by atoms with van der Waals surface area (Å²) in [5.41, 5.74) is 1.22. The third kappa shape index (κ3) is 6.14. The fraction of sp³-hybridized carbons (Fsp3) is 0.160. The molecule has 0 aromatic heterocycles. The van der Waals surface area contributed by atoms with E-state index in [1.807, 2.05) is 0 Å². The van der Waals surface area contributed by atoms with Gasteiger partial charge in [0.05, 0.1) is 22.9 Å². The first-order chi connectivity index (χ1) is 17.6. The number of aliphatic hydroxyl groups is 1. The fourth-order valence-electron chi connectivity index (χ4n) is 3.80. The summed E-state index contributed by atoms with van der Waals surface area (Å²) in [4.78, 5) is 25.9. The number of halogens is 2. The molecule has 3 N–H and O–H groups in total. The quantitative estimate of drug-likeness (QED) is 0.352. The predicted molar refractivity (Wildman–Crippen MR) is 147 cm³/mol. The Bertz CT molecular complexity index is 1500. The van der Waals surface area contributed by atoms with Gasteiger partial charge in [-0.15, -0.1) is 0 Å². The molecule has 1 atom stereocenters. The van der Waals surface area contributed by atoms with E-state index in [2.05, 4.69) is 38.3 Å². The Balaban J connectivity index is 1.53. The summed E-state index contributed by atoms with van der Waals surface area (Å²) in [7, 11) is -3.55. The van der Waals surface area contributed by atoms with E-state index >= 15 is 4.39 Å². The summed E-state index contributed by atoms with van der Waals surface area (Å²) in [5, 5.41) is 19.6. The number of hydrogen-bond donors (Lipinski definition) is 3. The van der Waals surface area contributed by atoms with E-state index in [0.29, 0.717) is 16.8 Å². The number of rotatable bonds is 6. The largest absolute Gasteiger partial charge is 0.390 e. The van der Waals surface area contributed by atoms with Gasteiger partial charge in [0.15, 0.2) is 9.84 Å². The van der Waals surface area contributed by atoms with Crippen LogP contribution in [0.1, 0.15) is 6.42 Å². The van der Waals surface area contributed by atoms with Gasteiger partial charge in [-0.25, -0.2) is 22.6 Å². The van der Waals surface area contributed by atoms with Crippen LogP contribution < -0.4 is 10.6 Å². The van der Waals surface area contributed by atoms with Crippen LogP contribution >= 0.6 is 22.6 Å². The van der Waals surface area contributed by atoms with Gasteiger partial charge in [-0.2, -0.15) is 5.10 Å². The number of carbonyl (C=O) groups excluding carboxylic acids is 2. The van der Waals surface area contributed by atoms with Gasteiger partial charge in [0.2, 0.25) is 5.91 Å². The highest BCUT2D eigenvalue weighted by Crippen LogP contribution is 2.30. The predicted octanol–water partition coefficient (Wildman–Crippen LogP) is 4.09. The van der Waals surface area contributed by atoms with Gasteiger partial charge in [-0.05, 0) is 70.6 Å². The molecule has 3 aromatic rings. The van der Waals surface area contributed by atoms with E-state index in [9.17, 15) is 23.1 Å². The van der Waals surface area contributed by atoms with Crippen molar-refractivity contribution in [1.29, 1.82) is 0 Å². The topological polar surface area (TPSA) is 128 Å². The van der Waals surface area contributed by atoms with Crippen molar-refractivity contribution in [3.63, 3.8) is 0 Å². The third-order valence-electron chi connectivity index (χ3n) is 5.59. The zero-order chi connectivity index (χ0) is 26.7. The molecule has 4 rings (SSSR count). The van der Waals surface area contributed by atoms with Crippen LogP contribution in [0.5, 0.6) is 0 Å². The maximum absolute atomic E-state index is 15.0. The minimum Gasteiger partial charge on any atom is -0.390 e. The van der Waals surface area contributed by atoms with E-state index in [4.69, 9.17) is 0 Å². The van der Waals surface area contributed by atoms with E-state index in [1.54, 1.807) is 42.5 Å². The van der Waals surface area contributed by atoms with Gasteiger partial charge in [0.25, 0.3) is 0 Å². The number of nitrogens with zero attached hydrogens (tertiary/aromatic N) is 2. The number of carbonyl (C=O) groups is 2. The Morgan fingerprint density at radius 3 is 2.46 bits per heavy atom. The molecule has 0 saturated heterocycles. The Labute approximate surface area is 226 Å². The smallest absolute Gasteiger partial charge is 0.343 e. The summed E-state index contributed by atoms with van der Waals surface area (Å²) in [6.45, 7) is -0.445. The molecular formula is C25H22FIN4O5S. The maximum Gasteiger partial charge on any atom is 0.343 e. The highest BCUT2D eigenvalue weighted by atomic mass is 127. The average molecular weight is 636 g/mol. The number of benzene rings is 3. The van der Waals surface area contributed by atoms with Crippen LogP contribution in [-0.2, 0) is 14.6 Å². The summed E-state index contributed by atoms with van der Waals surface area (Å²) in [5.74, 6) is -1.49. The SMILES string of the molecule is CS(=O)(=O)c1ccccc1-c1ccc(NC(=O)C2CC(CO)=NN2C(=O)Nc2ccc(I)cc2)c(F)c1. The number of amides is 3. The number of hydrazone groups is 1. The number of sulfone groups is 1. The number of aliphatic hydroxyl groups excluding tert-OH is 1. The normalized spacial score (nSPS) is 15.3. The monoisotopic (exact) mass is 636 g/mol. The van der Waals surface area contributed by atoms with Crippen LogP contribution in [0.15, 0.2) is 76.7 Å². The van der Waals surface area contributed by atoms with Crippen LogP contribution in [0.4, 0.5) is 20.6 Å². The average Bonchev–Trinajstić information content (AvgIpc) is 3.31. The Hall–Kier alpha value is -3.36. The number of hydrogen-bond acceptors (Lipinski definition) is 6. The van der Waals surface area contributed by atoms with E-state index < -0.39 is 40.2 Å². The molecule has 12 heteroatoms. The van der Waals surface area contributed by atoms with Gasteiger partial charge in [0, 0.05) is 27.5 Å². The van der Waals surface area contributed by atoms with Gasteiger partial charge in [-0.1, -0.05) is 24.3 Å². The van der Waals surface area contributed by atoms with E-state index in [1.165, 1.54) is 18.2 Å². The van der Waals surface area contributed by atoms with Crippen molar-refractivity contribution >= 4 is 61.5 Å². The maximum atomic E-state index is 15.0. The summed E-state index contributed by atoms with van der Waals surface area (Å²) >= 11 is 2.13. The van der Waals surface area contributed by atoms with Crippen molar-refractivity contribution < 1.29 is 27.5 Å². The van der Waals surface area contributed by atoms with Crippen molar-refractivity contribution in [2.24, 2.45) is 5.10 Å². The first-order valence-electron chi connectivity index (χ1n) is 11.0. The molecule has 0 radical (unpaired) electrons. The molecular weight excluding hydrogens is 614 g/mol. The molecule has 37 heavy (non-hydrogen) atoms. The zero-order valence-corrected chi connectivity index (χ0v) is 22.5. The van der Waals surface area contributed by atoms with Crippen LogP contribution in [0.25, 0.3) is 11.1 Å². The highest BCUT2D eigenvalue weighted by Gasteiger charge is 2.37. The second kappa shape index (κ2) is 10.9. The van der Waals surface area contributed by atoms with Crippen LogP contribution in [0.2, 0.25) is 0 Å².